The number of benzene rings is 9. The van der Waals surface area contributed by atoms with Gasteiger partial charge < -0.3 is 9.32 Å². The standard InChI is InChI=1S/C60H51NO/c1-59(2,3)43-37-42(38-44(39-43)60(4,5)6)45-25-10-14-32-52(45)61(54-34-16-12-27-48(54)50-31-20-36-56-58(50)51-28-13-17-35-55(51)62-56)53-33-15-11-26-47(53)49-30-19-24-41-23-18-29-46(57(41)49)40-21-8-7-9-22-40/h7-39H,1-6H3. The number of para-hydroxylation sites is 4. The van der Waals surface area contributed by atoms with E-state index in [2.05, 4.69) is 241 Å². The molecule has 1 heterocycles. The molecule has 302 valence electrons. The molecule has 9 aromatic carbocycles. The molecule has 10 aromatic rings. The topological polar surface area (TPSA) is 16.4 Å². The van der Waals surface area contributed by atoms with Crippen molar-refractivity contribution in [3.63, 3.8) is 0 Å². The van der Waals surface area contributed by atoms with Gasteiger partial charge in [0.1, 0.15) is 11.2 Å². The zero-order valence-corrected chi connectivity index (χ0v) is 36.4. The molecule has 0 saturated heterocycles. The molecule has 0 aliphatic heterocycles. The van der Waals surface area contributed by atoms with Crippen molar-refractivity contribution < 1.29 is 4.42 Å². The third-order valence-corrected chi connectivity index (χ3v) is 12.4. The molecular formula is C60H51NO. The first-order valence-electron chi connectivity index (χ1n) is 21.8. The third-order valence-electron chi connectivity index (χ3n) is 12.4. The Morgan fingerprint density at radius 3 is 1.40 bits per heavy atom. The average molecular weight is 802 g/mol. The van der Waals surface area contributed by atoms with Gasteiger partial charge in [-0.05, 0) is 90.9 Å². The molecule has 2 heteroatoms. The van der Waals surface area contributed by atoms with E-state index in [-0.39, 0.29) is 10.8 Å². The first kappa shape index (κ1) is 39.0. The Labute approximate surface area is 365 Å². The summed E-state index contributed by atoms with van der Waals surface area (Å²) in [6.07, 6.45) is 0. The Balaban J connectivity index is 1.30. The van der Waals surface area contributed by atoms with Gasteiger partial charge in [0.15, 0.2) is 0 Å². The number of hydrogen-bond donors (Lipinski definition) is 0. The minimum atomic E-state index is -0.0410. The number of anilines is 3. The van der Waals surface area contributed by atoms with Crippen molar-refractivity contribution in [2.75, 3.05) is 4.90 Å². The summed E-state index contributed by atoms with van der Waals surface area (Å²) in [5, 5.41) is 4.67. The van der Waals surface area contributed by atoms with E-state index in [1.807, 2.05) is 6.07 Å². The maximum Gasteiger partial charge on any atom is 0.136 e. The summed E-state index contributed by atoms with van der Waals surface area (Å²) in [5.41, 5.74) is 17.0. The Hall–Kier alpha value is -7.16. The summed E-state index contributed by atoms with van der Waals surface area (Å²) in [6, 6.07) is 73.1. The normalized spacial score (nSPS) is 12.0. The van der Waals surface area contributed by atoms with Crippen molar-refractivity contribution in [1.82, 2.24) is 0 Å². The van der Waals surface area contributed by atoms with Crippen LogP contribution >= 0.6 is 0 Å². The Morgan fingerprint density at radius 1 is 0.339 bits per heavy atom. The molecule has 0 bridgehead atoms. The Bertz CT molecular complexity index is 3230. The van der Waals surface area contributed by atoms with Crippen molar-refractivity contribution in [3.05, 3.63) is 211 Å². The minimum absolute atomic E-state index is 0.0410. The molecule has 1 aromatic heterocycles. The van der Waals surface area contributed by atoms with Crippen molar-refractivity contribution in [2.24, 2.45) is 0 Å². The maximum absolute atomic E-state index is 6.49. The molecule has 0 amide bonds. The van der Waals surface area contributed by atoms with Crippen molar-refractivity contribution in [2.45, 2.75) is 52.4 Å². The molecule has 0 fully saturated rings. The van der Waals surface area contributed by atoms with E-state index < -0.39 is 0 Å². The molecule has 0 spiro atoms. The van der Waals surface area contributed by atoms with Crippen LogP contribution in [0, 0.1) is 0 Å². The highest BCUT2D eigenvalue weighted by atomic mass is 16.3. The van der Waals surface area contributed by atoms with Crippen molar-refractivity contribution in [1.29, 1.82) is 0 Å². The van der Waals surface area contributed by atoms with Gasteiger partial charge in [-0.1, -0.05) is 211 Å². The fourth-order valence-electron chi connectivity index (χ4n) is 9.17. The van der Waals surface area contributed by atoms with Crippen LogP contribution < -0.4 is 4.90 Å². The van der Waals surface area contributed by atoms with Crippen LogP contribution in [0.3, 0.4) is 0 Å². The third kappa shape index (κ3) is 6.96. The predicted octanol–water partition coefficient (Wildman–Crippen LogP) is 17.5. The smallest absolute Gasteiger partial charge is 0.136 e. The molecule has 10 rings (SSSR count). The number of hydrogen-bond acceptors (Lipinski definition) is 2. The van der Waals surface area contributed by atoms with E-state index in [9.17, 15) is 0 Å². The zero-order valence-electron chi connectivity index (χ0n) is 36.4. The first-order valence-corrected chi connectivity index (χ1v) is 21.8. The van der Waals surface area contributed by atoms with Crippen LogP contribution in [0.1, 0.15) is 52.7 Å². The van der Waals surface area contributed by atoms with Gasteiger partial charge in [-0.15, -0.1) is 0 Å². The van der Waals surface area contributed by atoms with E-state index in [0.29, 0.717) is 0 Å². The summed E-state index contributed by atoms with van der Waals surface area (Å²) in [4.78, 5) is 2.52. The Kier molecular flexibility index (Phi) is 9.68. The highest BCUT2D eigenvalue weighted by Gasteiger charge is 2.27. The molecule has 0 aliphatic carbocycles. The second-order valence-electron chi connectivity index (χ2n) is 18.5. The molecule has 2 nitrogen and oxygen atoms in total. The molecule has 0 aliphatic rings. The lowest BCUT2D eigenvalue weighted by atomic mass is 9.78. The van der Waals surface area contributed by atoms with Gasteiger partial charge in [0, 0.05) is 27.5 Å². The lowest BCUT2D eigenvalue weighted by molar-refractivity contribution is 0.569. The van der Waals surface area contributed by atoms with Crippen LogP contribution in [0.5, 0.6) is 0 Å². The van der Waals surface area contributed by atoms with Gasteiger partial charge in [0.25, 0.3) is 0 Å². The lowest BCUT2D eigenvalue weighted by Crippen LogP contribution is -2.17. The summed E-state index contributed by atoms with van der Waals surface area (Å²) < 4.78 is 6.49. The number of rotatable bonds is 7. The highest BCUT2D eigenvalue weighted by Crippen LogP contribution is 2.51. The van der Waals surface area contributed by atoms with Crippen LogP contribution in [0.2, 0.25) is 0 Å². The van der Waals surface area contributed by atoms with Crippen molar-refractivity contribution >= 4 is 49.8 Å². The van der Waals surface area contributed by atoms with Gasteiger partial charge in [0.2, 0.25) is 0 Å². The second kappa shape index (κ2) is 15.4. The van der Waals surface area contributed by atoms with Crippen LogP contribution in [0.15, 0.2) is 205 Å². The lowest BCUT2D eigenvalue weighted by Gasteiger charge is -2.32. The van der Waals surface area contributed by atoms with Gasteiger partial charge >= 0.3 is 0 Å². The summed E-state index contributed by atoms with van der Waals surface area (Å²) >= 11 is 0. The number of fused-ring (bicyclic) bond motifs is 4. The van der Waals surface area contributed by atoms with E-state index in [4.69, 9.17) is 4.42 Å². The maximum atomic E-state index is 6.49. The fraction of sp³-hybridized carbons (Fsp3) is 0.133. The van der Waals surface area contributed by atoms with Gasteiger partial charge in [-0.25, -0.2) is 0 Å². The van der Waals surface area contributed by atoms with E-state index in [0.717, 1.165) is 55.7 Å². The second-order valence-corrected chi connectivity index (χ2v) is 18.5. The van der Waals surface area contributed by atoms with Gasteiger partial charge in [0.05, 0.1) is 17.1 Å². The van der Waals surface area contributed by atoms with E-state index >= 15 is 0 Å². The predicted molar refractivity (Wildman–Crippen MR) is 265 cm³/mol. The van der Waals surface area contributed by atoms with Gasteiger partial charge in [-0.3, -0.25) is 0 Å². The summed E-state index contributed by atoms with van der Waals surface area (Å²) in [6.45, 7) is 13.9. The largest absolute Gasteiger partial charge is 0.456 e. The average Bonchev–Trinajstić information content (AvgIpc) is 3.68. The van der Waals surface area contributed by atoms with Crippen LogP contribution in [-0.4, -0.2) is 0 Å². The molecule has 62 heavy (non-hydrogen) atoms. The van der Waals surface area contributed by atoms with Crippen LogP contribution in [-0.2, 0) is 10.8 Å². The summed E-state index contributed by atoms with van der Waals surface area (Å²) in [5.74, 6) is 0. The molecule has 0 saturated carbocycles. The molecule has 0 atom stereocenters. The fourth-order valence-corrected chi connectivity index (χ4v) is 9.17. The van der Waals surface area contributed by atoms with E-state index in [1.165, 1.54) is 49.7 Å². The summed E-state index contributed by atoms with van der Waals surface area (Å²) in [7, 11) is 0. The molecule has 0 radical (unpaired) electrons. The van der Waals surface area contributed by atoms with Crippen LogP contribution in [0.4, 0.5) is 17.1 Å². The quantitative estimate of drug-likeness (QED) is 0.160. The SMILES string of the molecule is CC(C)(C)c1cc(-c2ccccc2N(c2ccccc2-c2cccc3cccc(-c4ccccc4)c23)c2ccccc2-c2cccc3oc4ccccc4c23)cc(C(C)(C)C)c1. The number of furan rings is 1. The Morgan fingerprint density at radius 2 is 0.790 bits per heavy atom. The monoisotopic (exact) mass is 801 g/mol. The number of nitrogens with zero attached hydrogens (tertiary/aromatic N) is 1. The van der Waals surface area contributed by atoms with Gasteiger partial charge in [-0.2, -0.15) is 0 Å². The molecule has 0 unspecified atom stereocenters. The van der Waals surface area contributed by atoms with E-state index in [1.54, 1.807) is 0 Å². The zero-order chi connectivity index (χ0) is 42.6. The first-order chi connectivity index (χ1) is 30.0. The minimum Gasteiger partial charge on any atom is -0.456 e. The highest BCUT2D eigenvalue weighted by molar-refractivity contribution is 6.15. The van der Waals surface area contributed by atoms with Crippen molar-refractivity contribution in [3.8, 4) is 44.5 Å². The molecule has 0 N–H and O–H groups in total. The van der Waals surface area contributed by atoms with Crippen LogP contribution in [0.25, 0.3) is 77.2 Å². The molecular weight excluding hydrogens is 751 g/mol.